The Labute approximate surface area is 112 Å². The Kier molecular flexibility index (Phi) is 5.58. The second-order valence-corrected chi connectivity index (χ2v) is 4.92. The first-order chi connectivity index (χ1) is 7.63. The van der Waals surface area contributed by atoms with Crippen LogP contribution in [-0.2, 0) is 0 Å². The maximum atomic E-state index is 11.7. The minimum atomic E-state index is -0.0834. The van der Waals surface area contributed by atoms with E-state index in [9.17, 15) is 4.79 Å². The van der Waals surface area contributed by atoms with Gasteiger partial charge in [0.15, 0.2) is 0 Å². The zero-order valence-corrected chi connectivity index (χ0v) is 12.0. The molecule has 1 aromatic carbocycles. The van der Waals surface area contributed by atoms with Gasteiger partial charge in [0.2, 0.25) is 0 Å². The van der Waals surface area contributed by atoms with Crippen molar-refractivity contribution in [1.29, 1.82) is 0 Å². The summed E-state index contributed by atoms with van der Waals surface area (Å²) in [5.74, 6) is 5.59. The van der Waals surface area contributed by atoms with Gasteiger partial charge in [-0.1, -0.05) is 31.9 Å². The summed E-state index contributed by atoms with van der Waals surface area (Å²) in [4.78, 5) is 11.7. The van der Waals surface area contributed by atoms with E-state index in [1.54, 1.807) is 19.1 Å². The molecule has 0 saturated carbocycles. The van der Waals surface area contributed by atoms with Gasteiger partial charge >= 0.3 is 0 Å². The maximum Gasteiger partial charge on any atom is 0.251 e. The molecule has 16 heavy (non-hydrogen) atoms. The van der Waals surface area contributed by atoms with Crippen molar-refractivity contribution in [2.45, 2.75) is 13.3 Å². The summed E-state index contributed by atoms with van der Waals surface area (Å²) in [5, 5.41) is 2.81. The van der Waals surface area contributed by atoms with Crippen LogP contribution < -0.4 is 5.32 Å². The van der Waals surface area contributed by atoms with Crippen molar-refractivity contribution >= 4 is 37.8 Å². The van der Waals surface area contributed by atoms with E-state index < -0.39 is 0 Å². The molecule has 1 amide bonds. The fourth-order valence-electron chi connectivity index (χ4n) is 1.15. The number of benzene rings is 1. The van der Waals surface area contributed by atoms with Crippen LogP contribution in [0, 0.1) is 11.8 Å². The number of amides is 1. The van der Waals surface area contributed by atoms with Crippen LogP contribution in [0.15, 0.2) is 27.1 Å². The van der Waals surface area contributed by atoms with E-state index in [0.29, 0.717) is 18.5 Å². The molecule has 0 radical (unpaired) electrons. The van der Waals surface area contributed by atoms with Crippen molar-refractivity contribution in [1.82, 2.24) is 5.32 Å². The van der Waals surface area contributed by atoms with Gasteiger partial charge in [-0.15, -0.1) is 11.8 Å². The third-order valence-electron chi connectivity index (χ3n) is 1.84. The molecule has 1 aromatic rings. The molecule has 1 N–H and O–H groups in total. The van der Waals surface area contributed by atoms with Gasteiger partial charge in [-0.3, -0.25) is 4.79 Å². The molecular weight excluding hydrogens is 334 g/mol. The molecule has 0 atom stereocenters. The van der Waals surface area contributed by atoms with Crippen molar-refractivity contribution in [2.75, 3.05) is 6.54 Å². The summed E-state index contributed by atoms with van der Waals surface area (Å²) < 4.78 is 1.75. The van der Waals surface area contributed by atoms with Crippen molar-refractivity contribution in [3.05, 3.63) is 32.7 Å². The summed E-state index contributed by atoms with van der Waals surface area (Å²) in [6, 6.07) is 5.45. The zero-order valence-electron chi connectivity index (χ0n) is 8.81. The van der Waals surface area contributed by atoms with E-state index in [1.165, 1.54) is 0 Å². The number of nitrogens with one attached hydrogen (secondary N) is 1. The predicted molar refractivity (Wildman–Crippen MR) is 72.2 cm³/mol. The lowest BCUT2D eigenvalue weighted by atomic mass is 10.2. The summed E-state index contributed by atoms with van der Waals surface area (Å²) in [5.41, 5.74) is 0.630. The van der Waals surface area contributed by atoms with E-state index in [4.69, 9.17) is 0 Å². The molecule has 0 aliphatic carbocycles. The topological polar surface area (TPSA) is 29.1 Å². The zero-order chi connectivity index (χ0) is 12.0. The minimum absolute atomic E-state index is 0.0834. The summed E-state index contributed by atoms with van der Waals surface area (Å²) >= 11 is 6.68. The molecule has 0 aromatic heterocycles. The highest BCUT2D eigenvalue weighted by Crippen LogP contribution is 2.19. The van der Waals surface area contributed by atoms with Crippen LogP contribution in [0.5, 0.6) is 0 Å². The second-order valence-electron chi connectivity index (χ2n) is 3.09. The minimum Gasteiger partial charge on any atom is -0.351 e. The Morgan fingerprint density at radius 3 is 2.50 bits per heavy atom. The van der Waals surface area contributed by atoms with Gasteiger partial charge in [0.25, 0.3) is 5.91 Å². The molecule has 0 aliphatic heterocycles. The highest BCUT2D eigenvalue weighted by atomic mass is 79.9. The molecule has 0 fully saturated rings. The standard InChI is InChI=1S/C12H11Br2NO/c1-2-3-4-5-15-12(16)9-6-10(13)8-11(14)7-9/h6-8H,4-5H2,1H3,(H,15,16). The molecule has 0 spiro atoms. The van der Waals surface area contributed by atoms with Gasteiger partial charge in [0, 0.05) is 27.5 Å². The summed E-state index contributed by atoms with van der Waals surface area (Å²) in [6.07, 6.45) is 0.678. The van der Waals surface area contributed by atoms with E-state index in [-0.39, 0.29) is 5.91 Å². The van der Waals surface area contributed by atoms with Gasteiger partial charge in [0.05, 0.1) is 0 Å². The molecule has 0 unspecified atom stereocenters. The van der Waals surface area contributed by atoms with Crippen LogP contribution in [0.4, 0.5) is 0 Å². The Morgan fingerprint density at radius 1 is 1.31 bits per heavy atom. The van der Waals surface area contributed by atoms with Gasteiger partial charge in [-0.25, -0.2) is 0 Å². The van der Waals surface area contributed by atoms with Crippen LogP contribution in [0.25, 0.3) is 0 Å². The first-order valence-corrected chi connectivity index (χ1v) is 6.36. The molecule has 1 rings (SSSR count). The largest absolute Gasteiger partial charge is 0.351 e. The van der Waals surface area contributed by atoms with Crippen LogP contribution in [-0.4, -0.2) is 12.5 Å². The average Bonchev–Trinajstić information content (AvgIpc) is 2.22. The van der Waals surface area contributed by atoms with Gasteiger partial charge in [-0.2, -0.15) is 0 Å². The van der Waals surface area contributed by atoms with Gasteiger partial charge in [0.1, 0.15) is 0 Å². The molecule has 0 saturated heterocycles. The van der Waals surface area contributed by atoms with Crippen LogP contribution in [0.1, 0.15) is 23.7 Å². The SMILES string of the molecule is CC#CCCNC(=O)c1cc(Br)cc(Br)c1. The summed E-state index contributed by atoms with van der Waals surface area (Å²) in [7, 11) is 0. The monoisotopic (exact) mass is 343 g/mol. The Bertz CT molecular complexity index is 426. The Balaban J connectivity index is 2.61. The van der Waals surface area contributed by atoms with Gasteiger partial charge < -0.3 is 5.32 Å². The third kappa shape index (κ3) is 4.38. The summed E-state index contributed by atoms with van der Waals surface area (Å²) in [6.45, 7) is 2.36. The number of hydrogen-bond acceptors (Lipinski definition) is 1. The molecule has 84 valence electrons. The quantitative estimate of drug-likeness (QED) is 0.661. The number of carbonyl (C=O) groups excluding carboxylic acids is 1. The van der Waals surface area contributed by atoms with E-state index >= 15 is 0 Å². The molecule has 4 heteroatoms. The third-order valence-corrected chi connectivity index (χ3v) is 2.75. The van der Waals surface area contributed by atoms with Crippen molar-refractivity contribution in [3.63, 3.8) is 0 Å². The van der Waals surface area contributed by atoms with E-state index in [1.807, 2.05) is 6.07 Å². The smallest absolute Gasteiger partial charge is 0.251 e. The predicted octanol–water partition coefficient (Wildman–Crippen LogP) is 3.35. The molecule has 0 bridgehead atoms. The molecular formula is C12H11Br2NO. The molecule has 2 nitrogen and oxygen atoms in total. The van der Waals surface area contributed by atoms with Crippen molar-refractivity contribution in [3.8, 4) is 11.8 Å². The van der Waals surface area contributed by atoms with Crippen LogP contribution >= 0.6 is 31.9 Å². The average molecular weight is 345 g/mol. The Hall–Kier alpha value is -0.790. The lowest BCUT2D eigenvalue weighted by Crippen LogP contribution is -2.24. The van der Waals surface area contributed by atoms with Crippen LogP contribution in [0.2, 0.25) is 0 Å². The van der Waals surface area contributed by atoms with E-state index in [2.05, 4.69) is 49.0 Å². The fourth-order valence-corrected chi connectivity index (χ4v) is 2.44. The normalized spacial score (nSPS) is 9.19. The van der Waals surface area contributed by atoms with Crippen molar-refractivity contribution in [2.24, 2.45) is 0 Å². The number of halogens is 2. The number of rotatable bonds is 3. The molecule has 0 aliphatic rings. The first-order valence-electron chi connectivity index (χ1n) is 4.77. The maximum absolute atomic E-state index is 11.7. The highest BCUT2D eigenvalue weighted by Gasteiger charge is 2.06. The van der Waals surface area contributed by atoms with Crippen LogP contribution in [0.3, 0.4) is 0 Å². The van der Waals surface area contributed by atoms with Crippen molar-refractivity contribution < 1.29 is 4.79 Å². The second kappa shape index (κ2) is 6.72. The lowest BCUT2D eigenvalue weighted by Gasteiger charge is -2.04. The highest BCUT2D eigenvalue weighted by molar-refractivity contribution is 9.11. The lowest BCUT2D eigenvalue weighted by molar-refractivity contribution is 0.0954. The first kappa shape index (κ1) is 13.3. The number of carbonyl (C=O) groups is 1. The van der Waals surface area contributed by atoms with E-state index in [0.717, 1.165) is 8.95 Å². The number of hydrogen-bond donors (Lipinski definition) is 1. The fraction of sp³-hybridized carbons (Fsp3) is 0.250. The Morgan fingerprint density at radius 2 is 1.94 bits per heavy atom. The van der Waals surface area contributed by atoms with Gasteiger partial charge in [-0.05, 0) is 25.1 Å². The molecule has 0 heterocycles.